The second-order valence-corrected chi connectivity index (χ2v) is 5.03. The minimum Gasteiger partial charge on any atom is -0.253 e. The molecule has 3 rings (SSSR count). The van der Waals surface area contributed by atoms with Gasteiger partial charge in [-0.05, 0) is 23.8 Å². The molecule has 0 amide bonds. The fourth-order valence-electron chi connectivity index (χ4n) is 1.77. The maximum absolute atomic E-state index is 4.32. The monoisotopic (exact) mass is 252 g/mol. The molecule has 0 spiro atoms. The normalized spacial score (nSPS) is 10.7. The van der Waals surface area contributed by atoms with Gasteiger partial charge < -0.3 is 0 Å². The van der Waals surface area contributed by atoms with E-state index in [1.54, 1.807) is 12.4 Å². The van der Waals surface area contributed by atoms with E-state index in [1.165, 1.54) is 10.5 Å². The van der Waals surface area contributed by atoms with E-state index in [4.69, 9.17) is 0 Å². The summed E-state index contributed by atoms with van der Waals surface area (Å²) in [5.41, 5.74) is 3.24. The maximum Gasteiger partial charge on any atom is 0.0897 e. The number of aromatic nitrogens is 2. The lowest BCUT2D eigenvalue weighted by molar-refractivity contribution is 1.27. The smallest absolute Gasteiger partial charge is 0.0897 e. The SMILES string of the molecule is c1ccc(CSc2ccc3nccnc3c2)cc1. The summed E-state index contributed by atoms with van der Waals surface area (Å²) >= 11 is 1.82. The summed E-state index contributed by atoms with van der Waals surface area (Å²) in [6, 6.07) is 16.7. The Hall–Kier alpha value is -1.87. The molecular weight excluding hydrogens is 240 g/mol. The molecule has 0 N–H and O–H groups in total. The van der Waals surface area contributed by atoms with Crippen molar-refractivity contribution in [1.82, 2.24) is 9.97 Å². The van der Waals surface area contributed by atoms with Crippen LogP contribution in [0.2, 0.25) is 0 Å². The lowest BCUT2D eigenvalue weighted by Gasteiger charge is -2.03. The molecule has 3 aromatic rings. The molecule has 0 saturated carbocycles. The van der Waals surface area contributed by atoms with Gasteiger partial charge in [0, 0.05) is 23.0 Å². The molecule has 0 aliphatic rings. The van der Waals surface area contributed by atoms with Gasteiger partial charge in [-0.25, -0.2) is 0 Å². The van der Waals surface area contributed by atoms with Crippen LogP contribution in [0, 0.1) is 0 Å². The summed E-state index contributed by atoms with van der Waals surface area (Å²) < 4.78 is 0. The summed E-state index contributed by atoms with van der Waals surface area (Å²) in [6.45, 7) is 0. The van der Waals surface area contributed by atoms with E-state index in [0.717, 1.165) is 16.8 Å². The van der Waals surface area contributed by atoms with Gasteiger partial charge >= 0.3 is 0 Å². The lowest BCUT2D eigenvalue weighted by Crippen LogP contribution is -1.83. The molecule has 88 valence electrons. The Morgan fingerprint density at radius 3 is 2.44 bits per heavy atom. The van der Waals surface area contributed by atoms with Crippen molar-refractivity contribution in [1.29, 1.82) is 0 Å². The zero-order chi connectivity index (χ0) is 12.2. The highest BCUT2D eigenvalue weighted by Gasteiger charge is 1.99. The summed E-state index contributed by atoms with van der Waals surface area (Å²) in [5.74, 6) is 0.979. The Kier molecular flexibility index (Phi) is 3.24. The van der Waals surface area contributed by atoms with Crippen LogP contribution in [0.15, 0.2) is 65.8 Å². The van der Waals surface area contributed by atoms with Crippen molar-refractivity contribution in [3.63, 3.8) is 0 Å². The minimum absolute atomic E-state index is 0.946. The minimum atomic E-state index is 0.946. The van der Waals surface area contributed by atoms with Crippen molar-refractivity contribution < 1.29 is 0 Å². The van der Waals surface area contributed by atoms with Crippen LogP contribution in [0.3, 0.4) is 0 Å². The van der Waals surface area contributed by atoms with Crippen molar-refractivity contribution in [2.75, 3.05) is 0 Å². The van der Waals surface area contributed by atoms with Gasteiger partial charge in [0.2, 0.25) is 0 Å². The molecule has 1 heterocycles. The van der Waals surface area contributed by atoms with Gasteiger partial charge in [0.15, 0.2) is 0 Å². The average molecular weight is 252 g/mol. The molecule has 0 saturated heterocycles. The molecule has 0 bridgehead atoms. The first-order chi connectivity index (χ1) is 8.92. The molecule has 0 aliphatic heterocycles. The Balaban J connectivity index is 1.79. The number of nitrogens with zero attached hydrogens (tertiary/aromatic N) is 2. The first kappa shape index (κ1) is 11.2. The van der Waals surface area contributed by atoms with Gasteiger partial charge in [-0.3, -0.25) is 9.97 Å². The molecule has 1 aromatic heterocycles. The Morgan fingerprint density at radius 1 is 0.833 bits per heavy atom. The Morgan fingerprint density at radius 2 is 1.61 bits per heavy atom. The van der Waals surface area contributed by atoms with Crippen LogP contribution in [0.4, 0.5) is 0 Å². The quantitative estimate of drug-likeness (QED) is 0.661. The van der Waals surface area contributed by atoms with Crippen LogP contribution < -0.4 is 0 Å². The van der Waals surface area contributed by atoms with E-state index in [2.05, 4.69) is 46.4 Å². The van der Waals surface area contributed by atoms with Crippen LogP contribution in [0.1, 0.15) is 5.56 Å². The molecule has 0 unspecified atom stereocenters. The van der Waals surface area contributed by atoms with E-state index >= 15 is 0 Å². The third-order valence-corrected chi connectivity index (χ3v) is 3.75. The number of fused-ring (bicyclic) bond motifs is 1. The molecule has 0 atom stereocenters. The summed E-state index contributed by atoms with van der Waals surface area (Å²) in [7, 11) is 0. The first-order valence-corrected chi connectivity index (χ1v) is 6.78. The van der Waals surface area contributed by atoms with E-state index in [0.29, 0.717) is 0 Å². The molecule has 3 heteroatoms. The van der Waals surface area contributed by atoms with Crippen LogP contribution >= 0.6 is 11.8 Å². The fourth-order valence-corrected chi connectivity index (χ4v) is 2.66. The van der Waals surface area contributed by atoms with E-state index in [1.807, 2.05) is 23.9 Å². The summed E-state index contributed by atoms with van der Waals surface area (Å²) in [5, 5.41) is 0. The summed E-state index contributed by atoms with van der Waals surface area (Å²) in [4.78, 5) is 9.82. The Labute approximate surface area is 110 Å². The van der Waals surface area contributed by atoms with E-state index in [9.17, 15) is 0 Å². The van der Waals surface area contributed by atoms with E-state index in [-0.39, 0.29) is 0 Å². The van der Waals surface area contributed by atoms with Gasteiger partial charge in [0.25, 0.3) is 0 Å². The van der Waals surface area contributed by atoms with Crippen LogP contribution in [0.5, 0.6) is 0 Å². The first-order valence-electron chi connectivity index (χ1n) is 5.79. The number of hydrogen-bond donors (Lipinski definition) is 0. The third-order valence-electron chi connectivity index (χ3n) is 2.69. The van der Waals surface area contributed by atoms with Gasteiger partial charge in [-0.1, -0.05) is 30.3 Å². The van der Waals surface area contributed by atoms with E-state index < -0.39 is 0 Å². The van der Waals surface area contributed by atoms with Crippen LogP contribution in [-0.2, 0) is 5.75 Å². The lowest BCUT2D eigenvalue weighted by atomic mass is 10.2. The second kappa shape index (κ2) is 5.19. The van der Waals surface area contributed by atoms with Crippen molar-refractivity contribution in [3.05, 3.63) is 66.5 Å². The molecule has 0 fully saturated rings. The third kappa shape index (κ3) is 2.51. The zero-order valence-corrected chi connectivity index (χ0v) is 10.6. The molecule has 2 aromatic carbocycles. The fraction of sp³-hybridized carbons (Fsp3) is 0.0667. The number of benzene rings is 2. The van der Waals surface area contributed by atoms with Crippen molar-refractivity contribution in [2.45, 2.75) is 10.6 Å². The standard InChI is InChI=1S/C15H12N2S/c1-2-4-12(5-3-1)11-18-13-6-7-14-15(10-13)17-9-8-16-14/h1-10H,11H2. The van der Waals surface area contributed by atoms with Crippen LogP contribution in [-0.4, -0.2) is 9.97 Å². The van der Waals surface area contributed by atoms with Gasteiger partial charge in [-0.15, -0.1) is 11.8 Å². The number of thioether (sulfide) groups is 1. The van der Waals surface area contributed by atoms with Crippen molar-refractivity contribution in [3.8, 4) is 0 Å². The molecule has 2 nitrogen and oxygen atoms in total. The molecule has 0 aliphatic carbocycles. The topological polar surface area (TPSA) is 25.8 Å². The number of rotatable bonds is 3. The zero-order valence-electron chi connectivity index (χ0n) is 9.78. The maximum atomic E-state index is 4.32. The number of hydrogen-bond acceptors (Lipinski definition) is 3. The highest BCUT2D eigenvalue weighted by molar-refractivity contribution is 7.98. The highest BCUT2D eigenvalue weighted by atomic mass is 32.2. The van der Waals surface area contributed by atoms with Crippen LogP contribution in [0.25, 0.3) is 11.0 Å². The molecule has 18 heavy (non-hydrogen) atoms. The predicted molar refractivity (Wildman–Crippen MR) is 75.5 cm³/mol. The molecule has 0 radical (unpaired) electrons. The van der Waals surface area contributed by atoms with Crippen molar-refractivity contribution >= 4 is 22.8 Å². The van der Waals surface area contributed by atoms with Gasteiger partial charge in [0.05, 0.1) is 11.0 Å². The van der Waals surface area contributed by atoms with Gasteiger partial charge in [0.1, 0.15) is 0 Å². The van der Waals surface area contributed by atoms with Crippen molar-refractivity contribution in [2.24, 2.45) is 0 Å². The predicted octanol–water partition coefficient (Wildman–Crippen LogP) is 3.92. The average Bonchev–Trinajstić information content (AvgIpc) is 2.46. The Bertz CT molecular complexity index is 653. The highest BCUT2D eigenvalue weighted by Crippen LogP contribution is 2.24. The van der Waals surface area contributed by atoms with Gasteiger partial charge in [-0.2, -0.15) is 0 Å². The summed E-state index contributed by atoms with van der Waals surface area (Å²) in [6.07, 6.45) is 3.45. The second-order valence-electron chi connectivity index (χ2n) is 3.98. The molecular formula is C15H12N2S. The largest absolute Gasteiger partial charge is 0.253 e.